The first-order valence-corrected chi connectivity index (χ1v) is 8.28. The molecule has 0 spiro atoms. The molecular formula is C19H19FN4O. The monoisotopic (exact) mass is 338 g/mol. The number of hydrogen-bond donors (Lipinski definition) is 1. The Labute approximate surface area is 145 Å². The van der Waals surface area contributed by atoms with Gasteiger partial charge in [-0.1, -0.05) is 0 Å². The van der Waals surface area contributed by atoms with Crippen LogP contribution in [0.15, 0.2) is 48.8 Å². The third-order valence-corrected chi connectivity index (χ3v) is 4.32. The Hall–Kier alpha value is -2.57. The highest BCUT2D eigenvalue weighted by Gasteiger charge is 2.18. The van der Waals surface area contributed by atoms with E-state index in [2.05, 4.69) is 21.5 Å². The molecule has 3 heterocycles. The van der Waals surface area contributed by atoms with Crippen molar-refractivity contribution >= 4 is 0 Å². The van der Waals surface area contributed by atoms with Crippen LogP contribution in [-0.4, -0.2) is 34.5 Å². The highest BCUT2D eigenvalue weighted by atomic mass is 19.1. The normalized spacial score (nSPS) is 17.6. The van der Waals surface area contributed by atoms with E-state index in [1.165, 1.54) is 12.1 Å². The van der Waals surface area contributed by atoms with Crippen LogP contribution in [0, 0.1) is 5.82 Å². The molecule has 4 rings (SSSR count). The maximum Gasteiger partial charge on any atom is 0.123 e. The topological polar surface area (TPSA) is 52.0 Å². The number of aryl methyl sites for hydroxylation is 1. The second-order valence-corrected chi connectivity index (χ2v) is 6.12. The van der Waals surface area contributed by atoms with Crippen LogP contribution in [0.3, 0.4) is 0 Å². The van der Waals surface area contributed by atoms with Gasteiger partial charge < -0.3 is 10.1 Å². The summed E-state index contributed by atoms with van der Waals surface area (Å²) in [5.41, 5.74) is 4.69. The Kier molecular flexibility index (Phi) is 4.29. The summed E-state index contributed by atoms with van der Waals surface area (Å²) in [6, 6.07) is 10.5. The fourth-order valence-corrected chi connectivity index (χ4v) is 3.08. The predicted octanol–water partition coefficient (Wildman–Crippen LogP) is 2.95. The first kappa shape index (κ1) is 15.9. The van der Waals surface area contributed by atoms with E-state index in [0.717, 1.165) is 41.2 Å². The molecule has 25 heavy (non-hydrogen) atoms. The Balaban J connectivity index is 1.73. The van der Waals surface area contributed by atoms with Gasteiger partial charge in [0, 0.05) is 37.1 Å². The van der Waals surface area contributed by atoms with E-state index in [9.17, 15) is 4.39 Å². The van der Waals surface area contributed by atoms with E-state index >= 15 is 0 Å². The SMILES string of the molecule is Cn1cc(-c2ccnc([C@@H]3COCCN3)c2)c(-c2ccc(F)cc2)n1. The van der Waals surface area contributed by atoms with Gasteiger partial charge in [-0.25, -0.2) is 4.39 Å². The standard InChI is InChI=1S/C19H19FN4O/c1-24-11-16(19(23-24)13-2-4-15(20)5-3-13)14-6-7-21-17(10-14)18-12-25-9-8-22-18/h2-7,10-11,18,22H,8-9,12H2,1H3/t18-/m0/s1. The van der Waals surface area contributed by atoms with Crippen LogP contribution >= 0.6 is 0 Å². The number of morpholine rings is 1. The number of benzene rings is 1. The zero-order chi connectivity index (χ0) is 17.2. The second-order valence-electron chi connectivity index (χ2n) is 6.12. The van der Waals surface area contributed by atoms with Crippen molar-refractivity contribution in [3.8, 4) is 22.4 Å². The first-order valence-electron chi connectivity index (χ1n) is 8.28. The van der Waals surface area contributed by atoms with Gasteiger partial charge in [-0.05, 0) is 42.0 Å². The van der Waals surface area contributed by atoms with Crippen molar-refractivity contribution in [1.29, 1.82) is 0 Å². The smallest absolute Gasteiger partial charge is 0.123 e. The molecule has 1 fully saturated rings. The molecule has 0 aliphatic carbocycles. The van der Waals surface area contributed by atoms with Crippen molar-refractivity contribution in [3.63, 3.8) is 0 Å². The van der Waals surface area contributed by atoms with E-state index in [1.807, 2.05) is 25.5 Å². The van der Waals surface area contributed by atoms with Gasteiger partial charge >= 0.3 is 0 Å². The molecule has 0 radical (unpaired) electrons. The molecule has 0 unspecified atom stereocenters. The first-order chi connectivity index (χ1) is 12.2. The van der Waals surface area contributed by atoms with Crippen molar-refractivity contribution in [2.75, 3.05) is 19.8 Å². The molecule has 3 aromatic rings. The fourth-order valence-electron chi connectivity index (χ4n) is 3.08. The Bertz CT molecular complexity index is 869. The zero-order valence-electron chi connectivity index (χ0n) is 13.9. The summed E-state index contributed by atoms with van der Waals surface area (Å²) in [6.07, 6.45) is 3.78. The largest absolute Gasteiger partial charge is 0.378 e. The number of halogens is 1. The number of nitrogens with zero attached hydrogens (tertiary/aromatic N) is 3. The average Bonchev–Trinajstić information content (AvgIpc) is 3.05. The van der Waals surface area contributed by atoms with Crippen LogP contribution in [0.2, 0.25) is 0 Å². The lowest BCUT2D eigenvalue weighted by molar-refractivity contribution is 0.0756. The second kappa shape index (κ2) is 6.74. The summed E-state index contributed by atoms with van der Waals surface area (Å²) in [7, 11) is 1.88. The van der Waals surface area contributed by atoms with Crippen LogP contribution in [0.5, 0.6) is 0 Å². The molecule has 1 N–H and O–H groups in total. The van der Waals surface area contributed by atoms with E-state index in [0.29, 0.717) is 6.61 Å². The number of pyridine rings is 1. The maximum absolute atomic E-state index is 13.2. The Morgan fingerprint density at radius 2 is 2.04 bits per heavy atom. The van der Waals surface area contributed by atoms with Crippen molar-refractivity contribution in [3.05, 3.63) is 60.3 Å². The lowest BCUT2D eigenvalue weighted by Gasteiger charge is -2.23. The number of nitrogens with one attached hydrogen (secondary N) is 1. The fraction of sp³-hybridized carbons (Fsp3) is 0.263. The lowest BCUT2D eigenvalue weighted by Crippen LogP contribution is -2.35. The molecule has 1 aliphatic heterocycles. The van der Waals surface area contributed by atoms with Gasteiger partial charge in [0.05, 0.1) is 24.9 Å². The molecular weight excluding hydrogens is 319 g/mol. The highest BCUT2D eigenvalue weighted by Crippen LogP contribution is 2.31. The van der Waals surface area contributed by atoms with Gasteiger partial charge in [-0.15, -0.1) is 0 Å². The van der Waals surface area contributed by atoms with Gasteiger partial charge in [0.1, 0.15) is 11.5 Å². The van der Waals surface area contributed by atoms with Crippen molar-refractivity contribution < 1.29 is 9.13 Å². The van der Waals surface area contributed by atoms with Gasteiger partial charge in [0.15, 0.2) is 0 Å². The third-order valence-electron chi connectivity index (χ3n) is 4.32. The molecule has 6 heteroatoms. The molecule has 0 amide bonds. The van der Waals surface area contributed by atoms with E-state index < -0.39 is 0 Å². The van der Waals surface area contributed by atoms with Crippen LogP contribution in [0.1, 0.15) is 11.7 Å². The molecule has 5 nitrogen and oxygen atoms in total. The molecule has 1 aliphatic rings. The maximum atomic E-state index is 13.2. The quantitative estimate of drug-likeness (QED) is 0.798. The molecule has 0 bridgehead atoms. The summed E-state index contributed by atoms with van der Waals surface area (Å²) in [5, 5.41) is 7.98. The lowest BCUT2D eigenvalue weighted by atomic mass is 10.0. The Morgan fingerprint density at radius 3 is 2.80 bits per heavy atom. The number of hydrogen-bond acceptors (Lipinski definition) is 4. The molecule has 0 saturated carbocycles. The van der Waals surface area contributed by atoms with Gasteiger partial charge in [-0.3, -0.25) is 9.67 Å². The van der Waals surface area contributed by atoms with Gasteiger partial charge in [0.25, 0.3) is 0 Å². The van der Waals surface area contributed by atoms with Crippen molar-refractivity contribution in [2.45, 2.75) is 6.04 Å². The van der Waals surface area contributed by atoms with Gasteiger partial charge in [0.2, 0.25) is 0 Å². The molecule has 1 atom stereocenters. The number of aromatic nitrogens is 3. The van der Waals surface area contributed by atoms with E-state index in [1.54, 1.807) is 16.8 Å². The summed E-state index contributed by atoms with van der Waals surface area (Å²) >= 11 is 0. The van der Waals surface area contributed by atoms with Gasteiger partial charge in [-0.2, -0.15) is 5.10 Å². The average molecular weight is 338 g/mol. The minimum absolute atomic E-state index is 0.0969. The zero-order valence-corrected chi connectivity index (χ0v) is 13.9. The third kappa shape index (κ3) is 3.31. The minimum Gasteiger partial charge on any atom is -0.378 e. The summed E-state index contributed by atoms with van der Waals surface area (Å²) < 4.78 is 20.5. The van der Waals surface area contributed by atoms with Crippen LogP contribution in [0.4, 0.5) is 4.39 Å². The predicted molar refractivity (Wildman–Crippen MR) is 93.4 cm³/mol. The van der Waals surface area contributed by atoms with Crippen LogP contribution < -0.4 is 5.32 Å². The summed E-state index contributed by atoms with van der Waals surface area (Å²) in [4.78, 5) is 4.49. The van der Waals surface area contributed by atoms with Crippen molar-refractivity contribution in [2.24, 2.45) is 7.05 Å². The molecule has 2 aromatic heterocycles. The number of ether oxygens (including phenoxy) is 1. The Morgan fingerprint density at radius 1 is 1.20 bits per heavy atom. The molecule has 1 aromatic carbocycles. The summed E-state index contributed by atoms with van der Waals surface area (Å²) in [5.74, 6) is -0.254. The van der Waals surface area contributed by atoms with Crippen LogP contribution in [-0.2, 0) is 11.8 Å². The van der Waals surface area contributed by atoms with E-state index in [4.69, 9.17) is 4.74 Å². The number of rotatable bonds is 3. The van der Waals surface area contributed by atoms with E-state index in [-0.39, 0.29) is 11.9 Å². The molecule has 1 saturated heterocycles. The minimum atomic E-state index is -0.254. The highest BCUT2D eigenvalue weighted by molar-refractivity contribution is 5.80. The molecule has 128 valence electrons. The summed E-state index contributed by atoms with van der Waals surface area (Å²) in [6.45, 7) is 2.17. The van der Waals surface area contributed by atoms with Crippen LogP contribution in [0.25, 0.3) is 22.4 Å². The van der Waals surface area contributed by atoms with Crippen molar-refractivity contribution in [1.82, 2.24) is 20.1 Å².